The monoisotopic (exact) mass is 492 g/mol. The van der Waals surface area contributed by atoms with Crippen molar-refractivity contribution in [2.45, 2.75) is 37.6 Å². The third-order valence-corrected chi connectivity index (χ3v) is 5.91. The van der Waals surface area contributed by atoms with Gasteiger partial charge in [0.1, 0.15) is 6.10 Å². The molecule has 2 amide bonds. The summed E-state index contributed by atoms with van der Waals surface area (Å²) in [5.41, 5.74) is 0.723. The summed E-state index contributed by atoms with van der Waals surface area (Å²) >= 11 is 0. The van der Waals surface area contributed by atoms with Crippen LogP contribution in [0.1, 0.15) is 39.9 Å². The van der Waals surface area contributed by atoms with Gasteiger partial charge in [0.15, 0.2) is 23.4 Å². The molecule has 0 saturated carbocycles. The van der Waals surface area contributed by atoms with Crippen molar-refractivity contribution in [3.63, 3.8) is 0 Å². The smallest absolute Gasteiger partial charge is 0.417 e. The Bertz CT molecular complexity index is 1240. The van der Waals surface area contributed by atoms with Crippen LogP contribution >= 0.6 is 0 Å². The van der Waals surface area contributed by atoms with Crippen molar-refractivity contribution in [3.8, 4) is 5.75 Å². The molecule has 1 fully saturated rings. The number of amides is 2. The van der Waals surface area contributed by atoms with Gasteiger partial charge in [-0.1, -0.05) is 13.0 Å². The zero-order valence-corrected chi connectivity index (χ0v) is 17.6. The van der Waals surface area contributed by atoms with Gasteiger partial charge in [0, 0.05) is 29.5 Å². The topological polar surface area (TPSA) is 118 Å². The maximum Gasteiger partial charge on any atom is 0.417 e. The number of halogens is 5. The Morgan fingerprint density at radius 3 is 2.59 bits per heavy atom. The lowest BCUT2D eigenvalue weighted by Crippen LogP contribution is -2.47. The van der Waals surface area contributed by atoms with E-state index in [0.29, 0.717) is 13.0 Å². The van der Waals surface area contributed by atoms with Gasteiger partial charge in [0.25, 0.3) is 11.6 Å². The van der Waals surface area contributed by atoms with Crippen LogP contribution in [0, 0.1) is 22.8 Å². The molecule has 184 valence electrons. The number of ether oxygens (including phenoxy) is 2. The van der Waals surface area contributed by atoms with Crippen molar-refractivity contribution < 1.29 is 49.9 Å². The van der Waals surface area contributed by atoms with Gasteiger partial charge < -0.3 is 25.7 Å². The Morgan fingerprint density at radius 2 is 2.00 bits per heavy atom. The molecule has 2 aromatic rings. The van der Waals surface area contributed by atoms with Gasteiger partial charge in [-0.25, -0.2) is 4.39 Å². The molecule has 3 rings (SSSR count). The highest BCUT2D eigenvalue weighted by Gasteiger charge is 2.65. The zero-order valence-electron chi connectivity index (χ0n) is 20.6. The number of nitrogens with two attached hydrogens (primary N) is 1. The first-order valence-electron chi connectivity index (χ1n) is 11.1. The van der Waals surface area contributed by atoms with E-state index in [-0.39, 0.29) is 10.4 Å². The zero-order chi connectivity index (χ0) is 28.1. The van der Waals surface area contributed by atoms with E-state index in [4.69, 9.17) is 14.6 Å². The minimum absolute atomic E-state index is 0.0926. The van der Waals surface area contributed by atoms with E-state index in [9.17, 15) is 36.7 Å². The van der Waals surface area contributed by atoms with E-state index in [0.717, 1.165) is 31.3 Å². The van der Waals surface area contributed by atoms with Crippen molar-refractivity contribution in [3.05, 3.63) is 58.6 Å². The SMILES string of the molecule is [2H]C([2H])([2H])Oc1c([C@@H]2[C@@H](C)[C@](C)(C(F)(F)F)O[C@H]2C(=O)Nc2cc[n+]([O-])c(C(N)=O)c2)ccc(F)c1F. The van der Waals surface area contributed by atoms with Crippen LogP contribution in [0.2, 0.25) is 0 Å². The van der Waals surface area contributed by atoms with Gasteiger partial charge in [0.2, 0.25) is 5.82 Å². The first-order chi connectivity index (χ1) is 16.9. The summed E-state index contributed by atoms with van der Waals surface area (Å²) in [6, 6.07) is 3.24. The van der Waals surface area contributed by atoms with Crippen LogP contribution in [0.15, 0.2) is 30.5 Å². The molecule has 0 bridgehead atoms. The maximum atomic E-state index is 14.6. The quantitative estimate of drug-likeness (QED) is 0.378. The average Bonchev–Trinajstić information content (AvgIpc) is 3.04. The number of alkyl halides is 3. The molecule has 13 heteroatoms. The van der Waals surface area contributed by atoms with E-state index >= 15 is 0 Å². The second-order valence-corrected chi connectivity index (χ2v) is 7.82. The van der Waals surface area contributed by atoms with Crippen LogP contribution in [-0.4, -0.2) is 36.7 Å². The molecule has 1 aromatic heterocycles. The predicted octanol–water partition coefficient (Wildman–Crippen LogP) is 2.78. The number of primary amides is 1. The third kappa shape index (κ3) is 4.11. The minimum atomic E-state index is -5.05. The highest BCUT2D eigenvalue weighted by molar-refractivity contribution is 5.97. The van der Waals surface area contributed by atoms with E-state index < -0.39 is 77.2 Å². The fourth-order valence-electron chi connectivity index (χ4n) is 3.89. The molecule has 8 nitrogen and oxygen atoms in total. The van der Waals surface area contributed by atoms with Crippen LogP contribution in [0.4, 0.5) is 27.6 Å². The van der Waals surface area contributed by atoms with Crippen molar-refractivity contribution in [2.75, 3.05) is 12.4 Å². The maximum absolute atomic E-state index is 14.6. The van der Waals surface area contributed by atoms with Gasteiger partial charge in [0.05, 0.1) is 16.8 Å². The van der Waals surface area contributed by atoms with Gasteiger partial charge in [-0.3, -0.25) is 9.59 Å². The number of anilines is 1. The second kappa shape index (κ2) is 8.70. The van der Waals surface area contributed by atoms with E-state index in [2.05, 4.69) is 10.1 Å². The van der Waals surface area contributed by atoms with Crippen molar-refractivity contribution in [1.82, 2.24) is 0 Å². The molecular formula is C21H20F5N3O5. The molecule has 4 atom stereocenters. The predicted molar refractivity (Wildman–Crippen MR) is 107 cm³/mol. The Hall–Kier alpha value is -3.48. The number of carbonyl (C=O) groups is 2. The molecule has 2 heterocycles. The number of carbonyl (C=O) groups excluding carboxylic acids is 2. The first kappa shape index (κ1) is 21.1. The molecule has 1 aliphatic rings. The molecular weight excluding hydrogens is 469 g/mol. The summed E-state index contributed by atoms with van der Waals surface area (Å²) in [5, 5.41) is 13.9. The number of rotatable bonds is 5. The Labute approximate surface area is 194 Å². The number of hydrogen-bond donors (Lipinski definition) is 2. The highest BCUT2D eigenvalue weighted by atomic mass is 19.4. The summed E-state index contributed by atoms with van der Waals surface area (Å²) in [5.74, 6) is -10.2. The van der Waals surface area contributed by atoms with Gasteiger partial charge in [-0.05, 0) is 13.0 Å². The summed E-state index contributed by atoms with van der Waals surface area (Å²) in [6.07, 6.45) is -6.28. The number of nitrogens with one attached hydrogen (secondary N) is 1. The number of benzene rings is 1. The minimum Gasteiger partial charge on any atom is -0.618 e. The van der Waals surface area contributed by atoms with Crippen molar-refractivity contribution in [2.24, 2.45) is 11.7 Å². The Balaban J connectivity index is 2.13. The number of aromatic nitrogens is 1. The number of nitrogens with zero attached hydrogens (tertiary/aromatic N) is 1. The first-order valence-corrected chi connectivity index (χ1v) is 9.62. The van der Waals surface area contributed by atoms with Gasteiger partial charge >= 0.3 is 12.1 Å². The summed E-state index contributed by atoms with van der Waals surface area (Å²) in [4.78, 5) is 24.6. The second-order valence-electron chi connectivity index (χ2n) is 7.82. The summed E-state index contributed by atoms with van der Waals surface area (Å²) in [7, 11) is -3.32. The number of methoxy groups -OCH3 is 1. The third-order valence-electron chi connectivity index (χ3n) is 5.91. The van der Waals surface area contributed by atoms with Crippen LogP contribution < -0.4 is 20.5 Å². The molecule has 1 aromatic carbocycles. The van der Waals surface area contributed by atoms with Crippen LogP contribution in [-0.2, 0) is 9.53 Å². The molecule has 0 radical (unpaired) electrons. The Morgan fingerprint density at radius 1 is 1.32 bits per heavy atom. The summed E-state index contributed by atoms with van der Waals surface area (Å²) in [6.45, 7) is 1.69. The van der Waals surface area contributed by atoms with E-state index in [1.807, 2.05) is 0 Å². The molecule has 0 aliphatic carbocycles. The van der Waals surface area contributed by atoms with Crippen LogP contribution in [0.25, 0.3) is 0 Å². The number of hydrogen-bond acceptors (Lipinski definition) is 5. The van der Waals surface area contributed by atoms with E-state index in [1.54, 1.807) is 0 Å². The molecule has 0 unspecified atom stereocenters. The summed E-state index contributed by atoms with van der Waals surface area (Å²) < 4.78 is 102. The lowest BCUT2D eigenvalue weighted by molar-refractivity contribution is -0.607. The fraction of sp³-hybridized carbons (Fsp3) is 0.381. The molecule has 1 saturated heterocycles. The molecule has 0 spiro atoms. The van der Waals surface area contributed by atoms with Gasteiger partial charge in [-0.2, -0.15) is 22.3 Å². The normalized spacial score (nSPS) is 26.3. The lowest BCUT2D eigenvalue weighted by Gasteiger charge is -2.32. The van der Waals surface area contributed by atoms with Crippen molar-refractivity contribution >= 4 is 17.5 Å². The fourth-order valence-corrected chi connectivity index (χ4v) is 3.89. The Kier molecular flexibility index (Phi) is 5.40. The lowest BCUT2D eigenvalue weighted by atomic mass is 9.77. The largest absolute Gasteiger partial charge is 0.618 e. The standard InChI is InChI=1S/C21H20F5N3O5/c1-9-14(11-4-5-12(22)15(23)16(11)33-3)17(34-20(9,2)21(24,25)26)19(31)28-10-6-7-29(32)13(8-10)18(27)30/h4-9,14,17H,1-3H3,(H2,27,30)(H,28,31)/t9-,14+,17-,20-/m1/s1/i3D3. The molecule has 34 heavy (non-hydrogen) atoms. The highest BCUT2D eigenvalue weighted by Crippen LogP contribution is 2.55. The molecule has 1 aliphatic heterocycles. The van der Waals surface area contributed by atoms with Crippen LogP contribution in [0.3, 0.4) is 0 Å². The molecule has 3 N–H and O–H groups in total. The van der Waals surface area contributed by atoms with Crippen LogP contribution in [0.5, 0.6) is 5.75 Å². The van der Waals surface area contributed by atoms with Gasteiger partial charge in [-0.15, -0.1) is 0 Å². The van der Waals surface area contributed by atoms with Crippen molar-refractivity contribution in [1.29, 1.82) is 0 Å². The number of pyridine rings is 1. The van der Waals surface area contributed by atoms with E-state index in [1.165, 1.54) is 0 Å². The average molecular weight is 492 g/mol.